The van der Waals surface area contributed by atoms with Crippen LogP contribution in [0.25, 0.3) is 0 Å². The monoisotopic (exact) mass is 288 g/mol. The number of hydrogen-bond donors (Lipinski definition) is 2. The fourth-order valence-electron chi connectivity index (χ4n) is 1.64. The molecular weight excluding hydrogens is 276 g/mol. The molecule has 2 aromatic carbocycles. The standard InChI is InChI=1S/C15H13ClN2O2/c1-10-4-2-6-12(14(10)19)9-17-18-15(20)11-5-3-7-13(16)8-11/h2-9,19H,1H3,(H,18,20). The molecule has 5 heteroatoms. The smallest absolute Gasteiger partial charge is 0.271 e. The van der Waals surface area contributed by atoms with Gasteiger partial charge in [-0.25, -0.2) is 5.43 Å². The molecule has 0 unspecified atom stereocenters. The van der Waals surface area contributed by atoms with Crippen LogP contribution in [0.5, 0.6) is 5.75 Å². The van der Waals surface area contributed by atoms with Crippen LogP contribution in [0, 0.1) is 6.92 Å². The summed E-state index contributed by atoms with van der Waals surface area (Å²) >= 11 is 5.81. The van der Waals surface area contributed by atoms with E-state index < -0.39 is 0 Å². The second-order valence-corrected chi connectivity index (χ2v) is 4.66. The summed E-state index contributed by atoms with van der Waals surface area (Å²) in [5.74, 6) is -0.218. The minimum atomic E-state index is -0.365. The van der Waals surface area contributed by atoms with Crippen LogP contribution in [-0.2, 0) is 0 Å². The highest BCUT2D eigenvalue weighted by atomic mass is 35.5. The van der Waals surface area contributed by atoms with E-state index in [0.717, 1.165) is 5.56 Å². The maximum absolute atomic E-state index is 11.8. The van der Waals surface area contributed by atoms with Gasteiger partial charge in [-0.3, -0.25) is 4.79 Å². The van der Waals surface area contributed by atoms with Crippen LogP contribution >= 0.6 is 11.6 Å². The molecule has 0 fully saturated rings. The van der Waals surface area contributed by atoms with E-state index in [-0.39, 0.29) is 11.7 Å². The van der Waals surface area contributed by atoms with Gasteiger partial charge in [0.05, 0.1) is 6.21 Å². The van der Waals surface area contributed by atoms with Gasteiger partial charge in [-0.1, -0.05) is 29.8 Å². The number of aromatic hydroxyl groups is 1. The molecule has 0 saturated heterocycles. The van der Waals surface area contributed by atoms with E-state index in [1.165, 1.54) is 6.21 Å². The van der Waals surface area contributed by atoms with Gasteiger partial charge in [-0.15, -0.1) is 0 Å². The third-order valence-electron chi connectivity index (χ3n) is 2.73. The Hall–Kier alpha value is -2.33. The summed E-state index contributed by atoms with van der Waals surface area (Å²) < 4.78 is 0. The molecule has 1 amide bonds. The van der Waals surface area contributed by atoms with Crippen LogP contribution in [-0.4, -0.2) is 17.2 Å². The largest absolute Gasteiger partial charge is 0.507 e. The number of nitrogens with zero attached hydrogens (tertiary/aromatic N) is 1. The third kappa shape index (κ3) is 3.36. The molecule has 0 atom stereocenters. The lowest BCUT2D eigenvalue weighted by Crippen LogP contribution is -2.17. The summed E-state index contributed by atoms with van der Waals surface area (Å²) in [5.41, 5.74) is 4.09. The number of amides is 1. The Morgan fingerprint density at radius 1 is 1.30 bits per heavy atom. The number of para-hydroxylation sites is 1. The average molecular weight is 289 g/mol. The van der Waals surface area contributed by atoms with E-state index in [0.29, 0.717) is 16.1 Å². The molecule has 0 spiro atoms. The van der Waals surface area contributed by atoms with Crippen LogP contribution in [0.15, 0.2) is 47.6 Å². The molecule has 0 aliphatic heterocycles. The minimum absolute atomic E-state index is 0.147. The van der Waals surface area contributed by atoms with Crippen LogP contribution in [0.2, 0.25) is 5.02 Å². The highest BCUT2D eigenvalue weighted by Gasteiger charge is 2.04. The SMILES string of the molecule is Cc1cccc(C=NNC(=O)c2cccc(Cl)c2)c1O. The molecule has 20 heavy (non-hydrogen) atoms. The van der Waals surface area contributed by atoms with Crippen LogP contribution in [0.4, 0.5) is 0 Å². The lowest BCUT2D eigenvalue weighted by molar-refractivity contribution is 0.0955. The topological polar surface area (TPSA) is 61.7 Å². The highest BCUT2D eigenvalue weighted by Crippen LogP contribution is 2.19. The van der Waals surface area contributed by atoms with E-state index in [1.807, 2.05) is 0 Å². The molecule has 0 bridgehead atoms. The third-order valence-corrected chi connectivity index (χ3v) is 2.96. The second-order valence-electron chi connectivity index (χ2n) is 4.22. The van der Waals surface area contributed by atoms with Crippen molar-refractivity contribution >= 4 is 23.7 Å². The Morgan fingerprint density at radius 3 is 2.80 bits per heavy atom. The molecule has 2 aromatic rings. The van der Waals surface area contributed by atoms with Crippen molar-refractivity contribution in [3.05, 3.63) is 64.2 Å². The van der Waals surface area contributed by atoms with Crippen molar-refractivity contribution in [3.63, 3.8) is 0 Å². The van der Waals surface area contributed by atoms with Gasteiger partial charge in [0.15, 0.2) is 0 Å². The van der Waals surface area contributed by atoms with Gasteiger partial charge in [0.2, 0.25) is 0 Å². The van der Waals surface area contributed by atoms with E-state index in [1.54, 1.807) is 49.4 Å². The number of carbonyl (C=O) groups is 1. The fourth-order valence-corrected chi connectivity index (χ4v) is 1.83. The van der Waals surface area contributed by atoms with Crippen molar-refractivity contribution in [3.8, 4) is 5.75 Å². The lowest BCUT2D eigenvalue weighted by atomic mass is 10.1. The number of phenolic OH excluding ortho intramolecular Hbond substituents is 1. The number of phenols is 1. The van der Waals surface area contributed by atoms with Gasteiger partial charge in [-0.05, 0) is 36.8 Å². The van der Waals surface area contributed by atoms with Gasteiger partial charge in [0, 0.05) is 16.1 Å². The van der Waals surface area contributed by atoms with Crippen molar-refractivity contribution in [2.75, 3.05) is 0 Å². The van der Waals surface area contributed by atoms with Crippen molar-refractivity contribution in [2.24, 2.45) is 5.10 Å². The van der Waals surface area contributed by atoms with Gasteiger partial charge in [-0.2, -0.15) is 5.10 Å². The molecule has 0 radical (unpaired) electrons. The van der Waals surface area contributed by atoms with Gasteiger partial charge >= 0.3 is 0 Å². The van der Waals surface area contributed by atoms with Gasteiger partial charge < -0.3 is 5.11 Å². The number of hydrazone groups is 1. The summed E-state index contributed by atoms with van der Waals surface area (Å²) in [7, 11) is 0. The number of carbonyl (C=O) groups excluding carboxylic acids is 1. The number of halogens is 1. The summed E-state index contributed by atoms with van der Waals surface area (Å²) in [6, 6.07) is 11.9. The summed E-state index contributed by atoms with van der Waals surface area (Å²) in [4.78, 5) is 11.8. The molecule has 0 aliphatic rings. The quantitative estimate of drug-likeness (QED) is 0.673. The Bertz CT molecular complexity index is 669. The maximum atomic E-state index is 11.8. The van der Waals surface area contributed by atoms with Crippen molar-refractivity contribution in [2.45, 2.75) is 6.92 Å². The lowest BCUT2D eigenvalue weighted by Gasteiger charge is -2.02. The number of nitrogens with one attached hydrogen (secondary N) is 1. The van der Waals surface area contributed by atoms with Crippen molar-refractivity contribution in [1.29, 1.82) is 0 Å². The molecule has 102 valence electrons. The molecule has 2 N–H and O–H groups in total. The Kier molecular flexibility index (Phi) is 4.38. The zero-order chi connectivity index (χ0) is 14.5. The fraction of sp³-hybridized carbons (Fsp3) is 0.0667. The van der Waals surface area contributed by atoms with E-state index >= 15 is 0 Å². The summed E-state index contributed by atoms with van der Waals surface area (Å²) in [6.45, 7) is 1.79. The van der Waals surface area contributed by atoms with E-state index in [4.69, 9.17) is 11.6 Å². The zero-order valence-electron chi connectivity index (χ0n) is 10.8. The Morgan fingerprint density at radius 2 is 2.05 bits per heavy atom. The zero-order valence-corrected chi connectivity index (χ0v) is 11.6. The Balaban J connectivity index is 2.07. The van der Waals surface area contributed by atoms with Crippen LogP contribution in [0.3, 0.4) is 0 Å². The predicted molar refractivity (Wildman–Crippen MR) is 79.4 cm³/mol. The van der Waals surface area contributed by atoms with Gasteiger partial charge in [0.25, 0.3) is 5.91 Å². The van der Waals surface area contributed by atoms with Crippen LogP contribution in [0.1, 0.15) is 21.5 Å². The second kappa shape index (κ2) is 6.21. The first-order chi connectivity index (χ1) is 9.58. The molecular formula is C15H13ClN2O2. The predicted octanol–water partition coefficient (Wildman–Crippen LogP) is 3.12. The highest BCUT2D eigenvalue weighted by molar-refractivity contribution is 6.30. The average Bonchev–Trinajstić information content (AvgIpc) is 2.43. The first-order valence-corrected chi connectivity index (χ1v) is 6.33. The first-order valence-electron chi connectivity index (χ1n) is 5.95. The normalized spacial score (nSPS) is 10.7. The van der Waals surface area contributed by atoms with Crippen molar-refractivity contribution in [1.82, 2.24) is 5.43 Å². The molecule has 2 rings (SSSR count). The molecule has 0 aromatic heterocycles. The first kappa shape index (κ1) is 14.1. The van der Waals surface area contributed by atoms with Crippen LogP contribution < -0.4 is 5.43 Å². The number of benzene rings is 2. The molecule has 0 aliphatic carbocycles. The van der Waals surface area contributed by atoms with E-state index in [9.17, 15) is 9.90 Å². The number of hydrogen-bond acceptors (Lipinski definition) is 3. The van der Waals surface area contributed by atoms with Gasteiger partial charge in [0.1, 0.15) is 5.75 Å². The number of rotatable bonds is 3. The Labute approximate surface area is 121 Å². The summed E-state index contributed by atoms with van der Waals surface area (Å²) in [6.07, 6.45) is 1.39. The van der Waals surface area contributed by atoms with Crippen molar-refractivity contribution < 1.29 is 9.90 Å². The molecule has 0 saturated carbocycles. The van der Waals surface area contributed by atoms with E-state index in [2.05, 4.69) is 10.5 Å². The molecule has 0 heterocycles. The summed E-state index contributed by atoms with van der Waals surface area (Å²) in [5, 5.41) is 14.1. The number of aryl methyl sites for hydroxylation is 1. The minimum Gasteiger partial charge on any atom is -0.507 e. The molecule has 4 nitrogen and oxygen atoms in total. The maximum Gasteiger partial charge on any atom is 0.271 e.